The minimum Gasteiger partial charge on any atom is -0.481 e. The van der Waals surface area contributed by atoms with Gasteiger partial charge in [0.2, 0.25) is 5.88 Å². The van der Waals surface area contributed by atoms with E-state index in [9.17, 15) is 14.0 Å². The van der Waals surface area contributed by atoms with Gasteiger partial charge in [0.15, 0.2) is 6.10 Å². The van der Waals surface area contributed by atoms with Crippen LogP contribution in [0.15, 0.2) is 60.8 Å². The number of hydrogen-bond acceptors (Lipinski definition) is 6. The van der Waals surface area contributed by atoms with Crippen LogP contribution in [0.5, 0.6) is 17.4 Å². The number of ether oxygens (including phenoxy) is 2. The number of aromatic nitrogens is 1. The zero-order chi connectivity index (χ0) is 23.1. The number of carbonyl (C=O) groups excluding carboxylic acids is 2. The van der Waals surface area contributed by atoms with Crippen molar-refractivity contribution < 1.29 is 23.5 Å². The van der Waals surface area contributed by atoms with Crippen molar-refractivity contribution in [3.05, 3.63) is 83.3 Å². The summed E-state index contributed by atoms with van der Waals surface area (Å²) in [5.74, 6) is -0.972. The van der Waals surface area contributed by atoms with Crippen LogP contribution in [-0.2, 0) is 17.9 Å². The number of pyridine rings is 1. The number of halogens is 1. The molecular weight excluding hydrogens is 415 g/mol. The fourth-order valence-corrected chi connectivity index (χ4v) is 2.77. The lowest BCUT2D eigenvalue weighted by molar-refractivity contribution is -0.123. The van der Waals surface area contributed by atoms with Crippen LogP contribution in [0.25, 0.3) is 0 Å². The lowest BCUT2D eigenvalue weighted by Crippen LogP contribution is -2.30. The van der Waals surface area contributed by atoms with E-state index in [2.05, 4.69) is 10.3 Å². The van der Waals surface area contributed by atoms with Crippen molar-refractivity contribution >= 4 is 11.8 Å². The molecule has 1 aromatic heterocycles. The highest BCUT2D eigenvalue weighted by atomic mass is 19.1. The number of benzene rings is 2. The van der Waals surface area contributed by atoms with Crippen molar-refractivity contribution in [3.8, 4) is 17.4 Å². The van der Waals surface area contributed by atoms with E-state index in [1.807, 2.05) is 6.07 Å². The normalized spacial score (nSPS) is 11.5. The molecule has 2 aromatic carbocycles. The Hall–Kier alpha value is -3.98. The predicted octanol–water partition coefficient (Wildman–Crippen LogP) is 2.65. The van der Waals surface area contributed by atoms with Crippen LogP contribution >= 0.6 is 0 Å². The number of nitrogens with one attached hydrogen (secondary N) is 1. The van der Waals surface area contributed by atoms with Crippen LogP contribution in [0.1, 0.15) is 28.4 Å². The largest absolute Gasteiger partial charge is 0.481 e. The number of nitrogens with two attached hydrogens (primary N) is 2. The lowest BCUT2D eigenvalue weighted by Gasteiger charge is -2.13. The van der Waals surface area contributed by atoms with Gasteiger partial charge < -0.3 is 26.3 Å². The van der Waals surface area contributed by atoms with Gasteiger partial charge in [0.05, 0.1) is 0 Å². The summed E-state index contributed by atoms with van der Waals surface area (Å²) in [7, 11) is 0. The van der Waals surface area contributed by atoms with Crippen molar-refractivity contribution in [1.29, 1.82) is 0 Å². The first-order valence-electron chi connectivity index (χ1n) is 9.82. The Balaban J connectivity index is 1.68. The SMILES string of the molecule is C[C@@H](Oc1ccc(CNC(=O)c2cccnc2Oc2cccc(CN)c2)c(F)c1)C(N)=O. The molecule has 3 rings (SSSR count). The minimum atomic E-state index is -0.894. The number of amides is 2. The molecule has 3 aromatic rings. The zero-order valence-corrected chi connectivity index (χ0v) is 17.4. The third kappa shape index (κ3) is 5.79. The molecule has 9 heteroatoms. The van der Waals surface area contributed by atoms with Gasteiger partial charge in [-0.1, -0.05) is 18.2 Å². The summed E-state index contributed by atoms with van der Waals surface area (Å²) >= 11 is 0. The summed E-state index contributed by atoms with van der Waals surface area (Å²) in [6.07, 6.45) is 0.610. The molecule has 2 amide bonds. The molecule has 0 unspecified atom stereocenters. The number of hydrogen-bond donors (Lipinski definition) is 3. The molecule has 0 aliphatic carbocycles. The summed E-state index contributed by atoms with van der Waals surface area (Å²) < 4.78 is 25.4. The molecule has 0 fully saturated rings. The van der Waals surface area contributed by atoms with Crippen LogP contribution in [0, 0.1) is 5.82 Å². The van der Waals surface area contributed by atoms with Gasteiger partial charge in [-0.05, 0) is 42.8 Å². The van der Waals surface area contributed by atoms with Crippen LogP contribution in [0.3, 0.4) is 0 Å². The number of primary amides is 1. The Morgan fingerprint density at radius 1 is 1.12 bits per heavy atom. The minimum absolute atomic E-state index is 0.0761. The summed E-state index contributed by atoms with van der Waals surface area (Å²) in [6, 6.07) is 14.4. The summed E-state index contributed by atoms with van der Waals surface area (Å²) in [5, 5.41) is 2.65. The third-order valence-electron chi connectivity index (χ3n) is 4.54. The first-order chi connectivity index (χ1) is 15.4. The van der Waals surface area contributed by atoms with Gasteiger partial charge in [0.25, 0.3) is 11.8 Å². The molecule has 166 valence electrons. The van der Waals surface area contributed by atoms with Crippen molar-refractivity contribution in [2.24, 2.45) is 11.5 Å². The molecule has 0 radical (unpaired) electrons. The predicted molar refractivity (Wildman–Crippen MR) is 115 cm³/mol. The number of rotatable bonds is 9. The van der Waals surface area contributed by atoms with Gasteiger partial charge in [0.1, 0.15) is 22.9 Å². The number of nitrogens with zero attached hydrogens (tertiary/aromatic N) is 1. The first-order valence-corrected chi connectivity index (χ1v) is 9.82. The molecule has 1 heterocycles. The average Bonchev–Trinajstić information content (AvgIpc) is 2.78. The maximum absolute atomic E-state index is 14.4. The highest BCUT2D eigenvalue weighted by Crippen LogP contribution is 2.24. The van der Waals surface area contributed by atoms with Gasteiger partial charge in [0, 0.05) is 30.9 Å². The first kappa shape index (κ1) is 22.7. The molecule has 5 N–H and O–H groups in total. The third-order valence-corrected chi connectivity index (χ3v) is 4.54. The molecule has 0 saturated heterocycles. The van der Waals surface area contributed by atoms with E-state index >= 15 is 0 Å². The summed E-state index contributed by atoms with van der Waals surface area (Å²) in [5.41, 5.74) is 12.1. The Labute approximate surface area is 184 Å². The molecule has 0 spiro atoms. The smallest absolute Gasteiger partial charge is 0.258 e. The molecule has 0 aliphatic rings. The van der Waals surface area contributed by atoms with Crippen molar-refractivity contribution in [1.82, 2.24) is 10.3 Å². The van der Waals surface area contributed by atoms with Crippen molar-refractivity contribution in [2.45, 2.75) is 26.1 Å². The fraction of sp³-hybridized carbons (Fsp3) is 0.174. The van der Waals surface area contributed by atoms with Crippen LogP contribution < -0.4 is 26.3 Å². The van der Waals surface area contributed by atoms with Gasteiger partial charge in [-0.25, -0.2) is 9.37 Å². The number of carbonyl (C=O) groups is 2. The maximum Gasteiger partial charge on any atom is 0.258 e. The zero-order valence-electron chi connectivity index (χ0n) is 17.4. The highest BCUT2D eigenvalue weighted by Gasteiger charge is 2.16. The van der Waals surface area contributed by atoms with Crippen LogP contribution in [0.4, 0.5) is 4.39 Å². The summed E-state index contributed by atoms with van der Waals surface area (Å²) in [4.78, 5) is 27.9. The standard InChI is InChI=1S/C23H23FN4O4/c1-14(21(26)29)31-18-8-7-16(20(24)11-18)13-28-22(30)19-6-3-9-27-23(19)32-17-5-2-4-15(10-17)12-25/h2-11,14H,12-13,25H2,1H3,(H2,26,29)(H,28,30)/t14-/m1/s1. The molecule has 8 nitrogen and oxygen atoms in total. The Bertz CT molecular complexity index is 1120. The van der Waals surface area contributed by atoms with E-state index in [-0.39, 0.29) is 29.3 Å². The highest BCUT2D eigenvalue weighted by molar-refractivity contribution is 5.96. The fourth-order valence-electron chi connectivity index (χ4n) is 2.77. The van der Waals surface area contributed by atoms with E-state index < -0.39 is 23.7 Å². The molecule has 0 aliphatic heterocycles. The molecule has 1 atom stereocenters. The van der Waals surface area contributed by atoms with E-state index in [0.717, 1.165) is 11.6 Å². The Morgan fingerprint density at radius 3 is 2.66 bits per heavy atom. The van der Waals surface area contributed by atoms with Crippen LogP contribution in [-0.4, -0.2) is 22.9 Å². The van der Waals surface area contributed by atoms with Gasteiger partial charge in [-0.2, -0.15) is 0 Å². The Kier molecular flexibility index (Phi) is 7.35. The van der Waals surface area contributed by atoms with Gasteiger partial charge in [-0.3, -0.25) is 9.59 Å². The van der Waals surface area contributed by atoms with Crippen molar-refractivity contribution in [3.63, 3.8) is 0 Å². The quantitative estimate of drug-likeness (QED) is 0.471. The molecule has 0 bridgehead atoms. The van der Waals surface area contributed by atoms with Gasteiger partial charge in [-0.15, -0.1) is 0 Å². The summed E-state index contributed by atoms with van der Waals surface area (Å²) in [6.45, 7) is 1.74. The molecule has 0 saturated carbocycles. The second kappa shape index (κ2) is 10.4. The second-order valence-corrected chi connectivity index (χ2v) is 6.91. The molecule has 32 heavy (non-hydrogen) atoms. The topological polar surface area (TPSA) is 130 Å². The van der Waals surface area contributed by atoms with E-state index in [4.69, 9.17) is 20.9 Å². The van der Waals surface area contributed by atoms with E-state index in [1.165, 1.54) is 25.3 Å². The molecular formula is C23H23FN4O4. The lowest BCUT2D eigenvalue weighted by atomic mass is 10.2. The average molecular weight is 438 g/mol. The monoisotopic (exact) mass is 438 g/mol. The van der Waals surface area contributed by atoms with Crippen LogP contribution in [0.2, 0.25) is 0 Å². The van der Waals surface area contributed by atoms with Gasteiger partial charge >= 0.3 is 0 Å². The van der Waals surface area contributed by atoms with Crippen molar-refractivity contribution in [2.75, 3.05) is 0 Å². The second-order valence-electron chi connectivity index (χ2n) is 6.91. The van der Waals surface area contributed by atoms with E-state index in [1.54, 1.807) is 30.3 Å². The van der Waals surface area contributed by atoms with E-state index in [0.29, 0.717) is 12.3 Å². The maximum atomic E-state index is 14.4. The Morgan fingerprint density at radius 2 is 1.94 bits per heavy atom.